The molecule has 10 rings (SSSR count). The second kappa shape index (κ2) is 13.4. The smallest absolute Gasteiger partial charge is 0.143 e. The number of hydrogen-bond donors (Lipinski definition) is 0. The Hall–Kier alpha value is -7.16. The number of anilines is 3. The van der Waals surface area contributed by atoms with Crippen LogP contribution in [0.3, 0.4) is 0 Å². The second-order valence-electron chi connectivity index (χ2n) is 13.7. The van der Waals surface area contributed by atoms with Crippen LogP contribution < -0.4 is 4.90 Å². The molecule has 1 aromatic heterocycles. The van der Waals surface area contributed by atoms with Crippen molar-refractivity contribution in [1.82, 2.24) is 0 Å². The van der Waals surface area contributed by atoms with Crippen LogP contribution in [0.2, 0.25) is 0 Å². The van der Waals surface area contributed by atoms with E-state index in [4.69, 9.17) is 4.42 Å². The molecule has 0 saturated heterocycles. The summed E-state index contributed by atoms with van der Waals surface area (Å²) in [5.74, 6) is 0. The average molecular weight is 690 g/mol. The molecule has 0 aliphatic carbocycles. The maximum absolute atomic E-state index is 6.59. The molecular weight excluding hydrogens is 655 g/mol. The third-order valence-electron chi connectivity index (χ3n) is 10.5. The van der Waals surface area contributed by atoms with Crippen molar-refractivity contribution in [3.63, 3.8) is 0 Å². The zero-order valence-corrected chi connectivity index (χ0v) is 29.6. The molecule has 0 radical (unpaired) electrons. The minimum Gasteiger partial charge on any atom is -0.455 e. The predicted molar refractivity (Wildman–Crippen MR) is 228 cm³/mol. The minimum atomic E-state index is 0.889. The average Bonchev–Trinajstić information content (AvgIpc) is 3.65. The fraction of sp³-hybridized carbons (Fsp3) is 0. The Kier molecular flexibility index (Phi) is 7.85. The molecule has 0 bridgehead atoms. The van der Waals surface area contributed by atoms with E-state index in [0.29, 0.717) is 0 Å². The summed E-state index contributed by atoms with van der Waals surface area (Å²) < 4.78 is 6.59. The van der Waals surface area contributed by atoms with Crippen molar-refractivity contribution in [1.29, 1.82) is 0 Å². The van der Waals surface area contributed by atoms with Gasteiger partial charge >= 0.3 is 0 Å². The van der Waals surface area contributed by atoms with Gasteiger partial charge in [-0.25, -0.2) is 0 Å². The molecule has 1 heterocycles. The van der Waals surface area contributed by atoms with Crippen molar-refractivity contribution < 1.29 is 4.42 Å². The maximum atomic E-state index is 6.59. The van der Waals surface area contributed by atoms with Gasteiger partial charge in [-0.2, -0.15) is 0 Å². The topological polar surface area (TPSA) is 16.4 Å². The molecule has 0 fully saturated rings. The number of fused-ring (bicyclic) bond motifs is 5. The van der Waals surface area contributed by atoms with Crippen LogP contribution in [0, 0.1) is 0 Å². The lowest BCUT2D eigenvalue weighted by Gasteiger charge is -2.29. The maximum Gasteiger partial charge on any atom is 0.143 e. The lowest BCUT2D eigenvalue weighted by Crippen LogP contribution is -2.11. The van der Waals surface area contributed by atoms with Gasteiger partial charge in [0.05, 0.1) is 5.69 Å². The standard InChI is InChI=1S/C52H35NO/c1-3-15-36(16-4-1)37-29-32-41(33-30-37)53(49-27-12-11-25-47(49)46-24-10-9-22-43(46)38-17-5-2-6-18-38)42-21-13-20-40(35-42)44-26-14-28-50-51(44)48-34-31-39-19-7-8-23-45(39)52(48)54-50/h1-35H. The Morgan fingerprint density at radius 3 is 1.76 bits per heavy atom. The number of rotatable bonds is 7. The van der Waals surface area contributed by atoms with E-state index in [1.165, 1.54) is 33.2 Å². The normalized spacial score (nSPS) is 11.3. The summed E-state index contributed by atoms with van der Waals surface area (Å²) in [6, 6.07) is 75.8. The van der Waals surface area contributed by atoms with E-state index in [0.717, 1.165) is 61.1 Å². The largest absolute Gasteiger partial charge is 0.455 e. The zero-order chi connectivity index (χ0) is 35.8. The van der Waals surface area contributed by atoms with Crippen LogP contribution in [0.15, 0.2) is 217 Å². The van der Waals surface area contributed by atoms with E-state index in [9.17, 15) is 0 Å². The van der Waals surface area contributed by atoms with Gasteiger partial charge in [-0.15, -0.1) is 0 Å². The van der Waals surface area contributed by atoms with Crippen LogP contribution in [-0.2, 0) is 0 Å². The molecule has 0 aliphatic rings. The number of hydrogen-bond acceptors (Lipinski definition) is 2. The van der Waals surface area contributed by atoms with Crippen LogP contribution in [-0.4, -0.2) is 0 Å². The van der Waals surface area contributed by atoms with Gasteiger partial charge in [0.1, 0.15) is 11.2 Å². The van der Waals surface area contributed by atoms with Crippen molar-refractivity contribution in [2.75, 3.05) is 4.90 Å². The highest BCUT2D eigenvalue weighted by Crippen LogP contribution is 2.46. The molecule has 0 amide bonds. The fourth-order valence-electron chi connectivity index (χ4n) is 7.95. The number of furan rings is 1. The Morgan fingerprint density at radius 2 is 0.944 bits per heavy atom. The monoisotopic (exact) mass is 689 g/mol. The Morgan fingerprint density at radius 1 is 0.333 bits per heavy atom. The van der Waals surface area contributed by atoms with Gasteiger partial charge < -0.3 is 9.32 Å². The van der Waals surface area contributed by atoms with Gasteiger partial charge in [0, 0.05) is 33.1 Å². The van der Waals surface area contributed by atoms with Gasteiger partial charge in [0.2, 0.25) is 0 Å². The molecule has 10 aromatic rings. The minimum absolute atomic E-state index is 0.889. The SMILES string of the molecule is c1ccc(-c2ccc(N(c3cccc(-c4cccc5oc6c7ccccc7ccc6c45)c3)c3ccccc3-c3ccccc3-c3ccccc3)cc2)cc1. The van der Waals surface area contributed by atoms with Crippen LogP contribution >= 0.6 is 0 Å². The molecule has 254 valence electrons. The molecule has 0 unspecified atom stereocenters. The first kappa shape index (κ1) is 31.6. The lowest BCUT2D eigenvalue weighted by atomic mass is 9.93. The molecule has 2 heteroatoms. The Labute approximate surface area is 314 Å². The molecule has 54 heavy (non-hydrogen) atoms. The van der Waals surface area contributed by atoms with E-state index in [-0.39, 0.29) is 0 Å². The first-order valence-electron chi connectivity index (χ1n) is 18.4. The van der Waals surface area contributed by atoms with Gasteiger partial charge in [-0.05, 0) is 86.8 Å². The van der Waals surface area contributed by atoms with Gasteiger partial charge in [0.15, 0.2) is 0 Å². The van der Waals surface area contributed by atoms with E-state index in [1.807, 2.05) is 0 Å². The van der Waals surface area contributed by atoms with E-state index in [1.54, 1.807) is 0 Å². The fourth-order valence-corrected chi connectivity index (χ4v) is 7.95. The molecule has 0 spiro atoms. The summed E-state index contributed by atoms with van der Waals surface area (Å²) in [6.07, 6.45) is 0. The molecular formula is C52H35NO. The van der Waals surface area contributed by atoms with Crippen LogP contribution in [0.4, 0.5) is 17.1 Å². The predicted octanol–water partition coefficient (Wildman–Crippen LogP) is 14.9. The van der Waals surface area contributed by atoms with Crippen LogP contribution in [0.1, 0.15) is 0 Å². The number of para-hydroxylation sites is 1. The molecule has 0 atom stereocenters. The van der Waals surface area contributed by atoms with Crippen molar-refractivity contribution in [3.05, 3.63) is 212 Å². The highest BCUT2D eigenvalue weighted by atomic mass is 16.3. The lowest BCUT2D eigenvalue weighted by molar-refractivity contribution is 0.673. The highest BCUT2D eigenvalue weighted by Gasteiger charge is 2.21. The molecule has 2 nitrogen and oxygen atoms in total. The van der Waals surface area contributed by atoms with E-state index >= 15 is 0 Å². The summed E-state index contributed by atoms with van der Waals surface area (Å²) in [5, 5.41) is 4.56. The summed E-state index contributed by atoms with van der Waals surface area (Å²) in [6.45, 7) is 0. The third-order valence-corrected chi connectivity index (χ3v) is 10.5. The first-order chi connectivity index (χ1) is 26.8. The second-order valence-corrected chi connectivity index (χ2v) is 13.7. The van der Waals surface area contributed by atoms with Crippen molar-refractivity contribution >= 4 is 49.8 Å². The number of benzene rings is 9. The zero-order valence-electron chi connectivity index (χ0n) is 29.6. The molecule has 9 aromatic carbocycles. The van der Waals surface area contributed by atoms with Gasteiger partial charge in [0.25, 0.3) is 0 Å². The highest BCUT2D eigenvalue weighted by molar-refractivity contribution is 6.19. The van der Waals surface area contributed by atoms with Crippen molar-refractivity contribution in [2.24, 2.45) is 0 Å². The Balaban J connectivity index is 1.17. The van der Waals surface area contributed by atoms with E-state index in [2.05, 4.69) is 217 Å². The summed E-state index contributed by atoms with van der Waals surface area (Å²) in [7, 11) is 0. The van der Waals surface area contributed by atoms with Crippen LogP contribution in [0.5, 0.6) is 0 Å². The summed E-state index contributed by atoms with van der Waals surface area (Å²) in [5.41, 5.74) is 14.4. The Bertz CT molecular complexity index is 2920. The summed E-state index contributed by atoms with van der Waals surface area (Å²) in [4.78, 5) is 2.40. The first-order valence-corrected chi connectivity index (χ1v) is 18.4. The molecule has 0 saturated carbocycles. The summed E-state index contributed by atoms with van der Waals surface area (Å²) >= 11 is 0. The van der Waals surface area contributed by atoms with Gasteiger partial charge in [-0.1, -0.05) is 170 Å². The van der Waals surface area contributed by atoms with Crippen molar-refractivity contribution in [2.45, 2.75) is 0 Å². The quantitative estimate of drug-likeness (QED) is 0.166. The van der Waals surface area contributed by atoms with E-state index < -0.39 is 0 Å². The van der Waals surface area contributed by atoms with Gasteiger partial charge in [-0.3, -0.25) is 0 Å². The van der Waals surface area contributed by atoms with Crippen molar-refractivity contribution in [3.8, 4) is 44.5 Å². The molecule has 0 aliphatic heterocycles. The molecule has 0 N–H and O–H groups in total. The number of nitrogens with zero attached hydrogens (tertiary/aromatic N) is 1. The third kappa shape index (κ3) is 5.53. The van der Waals surface area contributed by atoms with Crippen LogP contribution in [0.25, 0.3) is 77.2 Å².